The summed E-state index contributed by atoms with van der Waals surface area (Å²) in [6.45, 7) is 0. The topological polar surface area (TPSA) is 55.4 Å². The van der Waals surface area contributed by atoms with E-state index in [0.717, 1.165) is 12.1 Å². The number of rotatable bonds is 4. The lowest BCUT2D eigenvalue weighted by Gasteiger charge is -2.10. The smallest absolute Gasteiger partial charge is 0.262 e. The van der Waals surface area contributed by atoms with Crippen LogP contribution in [-0.4, -0.2) is 15.5 Å². The minimum Gasteiger partial charge on any atom is -0.497 e. The first kappa shape index (κ1) is 15.7. The Kier molecular flexibility index (Phi) is 4.48. The van der Waals surface area contributed by atoms with E-state index in [9.17, 15) is 17.2 Å². The summed E-state index contributed by atoms with van der Waals surface area (Å²) in [6, 6.07) is 6.91. The summed E-state index contributed by atoms with van der Waals surface area (Å²) >= 11 is 2.93. The third-order valence-electron chi connectivity index (χ3n) is 2.62. The van der Waals surface area contributed by atoms with E-state index in [1.807, 2.05) is 0 Å². The summed E-state index contributed by atoms with van der Waals surface area (Å²) in [4.78, 5) is -0.314. The summed E-state index contributed by atoms with van der Waals surface area (Å²) in [5.74, 6) is -1.21. The molecule has 0 fully saturated rings. The largest absolute Gasteiger partial charge is 0.497 e. The number of benzene rings is 2. The summed E-state index contributed by atoms with van der Waals surface area (Å²) in [5.41, 5.74) is -0.280. The number of halogens is 3. The van der Waals surface area contributed by atoms with Gasteiger partial charge >= 0.3 is 0 Å². The van der Waals surface area contributed by atoms with Crippen molar-refractivity contribution in [3.63, 3.8) is 0 Å². The first-order chi connectivity index (χ1) is 9.83. The van der Waals surface area contributed by atoms with Gasteiger partial charge in [0, 0.05) is 6.07 Å². The molecule has 0 amide bonds. The molecule has 2 aromatic rings. The van der Waals surface area contributed by atoms with Gasteiger partial charge in [0.25, 0.3) is 10.0 Å². The Hall–Kier alpha value is -1.67. The number of nitrogens with one attached hydrogen (secondary N) is 1. The fraction of sp³-hybridized carbons (Fsp3) is 0.0769. The highest BCUT2D eigenvalue weighted by Crippen LogP contribution is 2.25. The van der Waals surface area contributed by atoms with E-state index in [4.69, 9.17) is 4.74 Å². The summed E-state index contributed by atoms with van der Waals surface area (Å²) in [7, 11) is -2.74. The molecule has 4 nitrogen and oxygen atoms in total. The van der Waals surface area contributed by atoms with Gasteiger partial charge in [-0.05, 0) is 46.3 Å². The van der Waals surface area contributed by atoms with Crippen molar-refractivity contribution < 1.29 is 21.9 Å². The van der Waals surface area contributed by atoms with Gasteiger partial charge in [-0.2, -0.15) is 0 Å². The van der Waals surface area contributed by atoms with Gasteiger partial charge in [-0.1, -0.05) is 0 Å². The molecule has 2 rings (SSSR count). The van der Waals surface area contributed by atoms with Crippen molar-refractivity contribution in [1.82, 2.24) is 0 Å². The van der Waals surface area contributed by atoms with Gasteiger partial charge in [-0.25, -0.2) is 17.2 Å². The van der Waals surface area contributed by atoms with Crippen LogP contribution in [0.3, 0.4) is 0 Å². The molecule has 0 radical (unpaired) electrons. The lowest BCUT2D eigenvalue weighted by molar-refractivity contribution is 0.414. The predicted octanol–water partition coefficient (Wildman–Crippen LogP) is 3.54. The number of sulfonamides is 1. The maximum absolute atomic E-state index is 13.6. The standard InChI is InChI=1S/C13H10BrF2NO3S/c1-20-8-2-5-11(15)13(6-8)17-21(18,19)9-3-4-10(14)12(16)7-9/h2-7,17H,1H3. The van der Waals surface area contributed by atoms with Crippen molar-refractivity contribution in [2.75, 3.05) is 11.8 Å². The molecular weight excluding hydrogens is 368 g/mol. The van der Waals surface area contributed by atoms with Gasteiger partial charge in [0.2, 0.25) is 0 Å². The second-order valence-corrected chi connectivity index (χ2v) is 6.56. The van der Waals surface area contributed by atoms with Gasteiger partial charge < -0.3 is 4.74 Å². The molecule has 0 atom stereocenters. The molecule has 21 heavy (non-hydrogen) atoms. The van der Waals surface area contributed by atoms with E-state index in [-0.39, 0.29) is 20.8 Å². The monoisotopic (exact) mass is 377 g/mol. The Morgan fingerprint density at radius 2 is 1.81 bits per heavy atom. The molecule has 0 aliphatic rings. The maximum atomic E-state index is 13.6. The Balaban J connectivity index is 2.39. The van der Waals surface area contributed by atoms with Crippen molar-refractivity contribution in [1.29, 1.82) is 0 Å². The van der Waals surface area contributed by atoms with Gasteiger partial charge in [-0.3, -0.25) is 4.72 Å². The second-order valence-electron chi connectivity index (χ2n) is 4.03. The van der Waals surface area contributed by atoms with Gasteiger partial charge in [-0.15, -0.1) is 0 Å². The van der Waals surface area contributed by atoms with E-state index in [0.29, 0.717) is 0 Å². The zero-order chi connectivity index (χ0) is 15.6. The zero-order valence-corrected chi connectivity index (χ0v) is 13.1. The highest BCUT2D eigenvalue weighted by molar-refractivity contribution is 9.10. The second kappa shape index (κ2) is 5.98. The number of anilines is 1. The molecule has 0 spiro atoms. The number of hydrogen-bond donors (Lipinski definition) is 1. The first-order valence-corrected chi connectivity index (χ1v) is 7.92. The molecule has 8 heteroatoms. The van der Waals surface area contributed by atoms with Crippen LogP contribution in [0.1, 0.15) is 0 Å². The normalized spacial score (nSPS) is 11.2. The van der Waals surface area contributed by atoms with Crippen molar-refractivity contribution in [2.24, 2.45) is 0 Å². The average molecular weight is 378 g/mol. The molecule has 0 unspecified atom stereocenters. The van der Waals surface area contributed by atoms with Crippen LogP contribution in [0.5, 0.6) is 5.75 Å². The summed E-state index contributed by atoms with van der Waals surface area (Å²) in [5, 5.41) is 0. The van der Waals surface area contributed by atoms with E-state index < -0.39 is 21.7 Å². The lowest BCUT2D eigenvalue weighted by atomic mass is 10.3. The minimum atomic E-state index is -4.11. The molecule has 112 valence electrons. The molecule has 1 N–H and O–H groups in total. The molecule has 0 aliphatic carbocycles. The van der Waals surface area contributed by atoms with Crippen LogP contribution < -0.4 is 9.46 Å². The molecule has 0 saturated heterocycles. The minimum absolute atomic E-state index is 0.133. The van der Waals surface area contributed by atoms with Crippen LogP contribution in [0.2, 0.25) is 0 Å². The van der Waals surface area contributed by atoms with E-state index >= 15 is 0 Å². The van der Waals surface area contributed by atoms with Crippen LogP contribution in [0, 0.1) is 11.6 Å². The third kappa shape index (κ3) is 3.51. The van der Waals surface area contributed by atoms with Crippen molar-refractivity contribution in [2.45, 2.75) is 4.90 Å². The third-order valence-corrected chi connectivity index (χ3v) is 4.63. The quantitative estimate of drug-likeness (QED) is 0.886. The van der Waals surface area contributed by atoms with Crippen molar-refractivity contribution in [3.8, 4) is 5.75 Å². The zero-order valence-electron chi connectivity index (χ0n) is 10.7. The van der Waals surface area contributed by atoms with E-state index in [2.05, 4.69) is 20.7 Å². The van der Waals surface area contributed by atoms with Gasteiger partial charge in [0.1, 0.15) is 17.4 Å². The highest BCUT2D eigenvalue weighted by Gasteiger charge is 2.18. The Morgan fingerprint density at radius 3 is 2.43 bits per heavy atom. The first-order valence-electron chi connectivity index (χ1n) is 5.65. The number of ether oxygens (including phenoxy) is 1. The van der Waals surface area contributed by atoms with Crippen molar-refractivity contribution >= 4 is 31.6 Å². The molecular formula is C13H10BrF2NO3S. The van der Waals surface area contributed by atoms with E-state index in [1.165, 1.54) is 31.4 Å². The van der Waals surface area contributed by atoms with Gasteiger partial charge in [0.15, 0.2) is 0 Å². The summed E-state index contributed by atoms with van der Waals surface area (Å²) in [6.07, 6.45) is 0. The van der Waals surface area contributed by atoms with Gasteiger partial charge in [0.05, 0.1) is 22.2 Å². The number of methoxy groups -OCH3 is 1. The number of hydrogen-bond acceptors (Lipinski definition) is 3. The van der Waals surface area contributed by atoms with Crippen LogP contribution >= 0.6 is 15.9 Å². The SMILES string of the molecule is COc1ccc(F)c(NS(=O)(=O)c2ccc(Br)c(F)c2)c1. The Labute approximate surface area is 128 Å². The Morgan fingerprint density at radius 1 is 1.10 bits per heavy atom. The fourth-order valence-electron chi connectivity index (χ4n) is 1.56. The highest BCUT2D eigenvalue weighted by atomic mass is 79.9. The van der Waals surface area contributed by atoms with Crippen LogP contribution in [0.4, 0.5) is 14.5 Å². The van der Waals surface area contributed by atoms with Crippen LogP contribution in [0.15, 0.2) is 45.8 Å². The Bertz CT molecular complexity index is 781. The predicted molar refractivity (Wildman–Crippen MR) is 77.9 cm³/mol. The van der Waals surface area contributed by atoms with Crippen LogP contribution in [0.25, 0.3) is 0 Å². The lowest BCUT2D eigenvalue weighted by Crippen LogP contribution is -2.14. The molecule has 2 aromatic carbocycles. The van der Waals surface area contributed by atoms with Crippen LogP contribution in [-0.2, 0) is 10.0 Å². The fourth-order valence-corrected chi connectivity index (χ4v) is 2.87. The summed E-state index contributed by atoms with van der Waals surface area (Å²) < 4.78 is 58.4. The average Bonchev–Trinajstić information content (AvgIpc) is 2.44. The van der Waals surface area contributed by atoms with Crippen molar-refractivity contribution in [3.05, 3.63) is 52.5 Å². The molecule has 0 bridgehead atoms. The molecule has 0 heterocycles. The molecule has 0 aliphatic heterocycles. The molecule has 0 aromatic heterocycles. The maximum Gasteiger partial charge on any atom is 0.262 e. The molecule has 0 saturated carbocycles. The van der Waals surface area contributed by atoms with E-state index in [1.54, 1.807) is 0 Å².